The first kappa shape index (κ1) is 10.9. The first-order valence-corrected chi connectivity index (χ1v) is 6.20. The highest BCUT2D eigenvalue weighted by Gasteiger charge is 2.48. The minimum Gasteiger partial charge on any atom is -0.315 e. The van der Waals surface area contributed by atoms with E-state index in [0.717, 1.165) is 32.6 Å². The predicted octanol–water partition coefficient (Wildman–Crippen LogP) is 1.36. The number of hydrogen-bond acceptors (Lipinski definition) is 3. The Hall–Kier alpha value is -0.590. The lowest BCUT2D eigenvalue weighted by molar-refractivity contribution is 0.119. The van der Waals surface area contributed by atoms with E-state index in [9.17, 15) is 5.26 Å². The average Bonchev–Trinajstić information content (AvgIpc) is 3.07. The van der Waals surface area contributed by atoms with E-state index in [0.29, 0.717) is 5.92 Å². The van der Waals surface area contributed by atoms with E-state index in [1.165, 1.54) is 19.3 Å². The van der Waals surface area contributed by atoms with Crippen LogP contribution in [0, 0.1) is 17.2 Å². The monoisotopic (exact) mass is 207 g/mol. The molecule has 0 aromatic rings. The molecule has 0 amide bonds. The van der Waals surface area contributed by atoms with Gasteiger partial charge in [-0.15, -0.1) is 0 Å². The molecular weight excluding hydrogens is 186 g/mol. The van der Waals surface area contributed by atoms with Crippen LogP contribution in [0.4, 0.5) is 0 Å². The lowest BCUT2D eigenvalue weighted by atomic mass is 9.89. The van der Waals surface area contributed by atoms with Gasteiger partial charge in [-0.25, -0.2) is 0 Å². The van der Waals surface area contributed by atoms with Gasteiger partial charge in [0.25, 0.3) is 0 Å². The summed E-state index contributed by atoms with van der Waals surface area (Å²) in [5.74, 6) is 0.644. The molecule has 1 atom stereocenters. The Morgan fingerprint density at radius 1 is 1.40 bits per heavy atom. The Morgan fingerprint density at radius 3 is 2.80 bits per heavy atom. The fourth-order valence-corrected chi connectivity index (χ4v) is 2.82. The average molecular weight is 207 g/mol. The third-order valence-electron chi connectivity index (χ3n) is 3.89. The molecule has 3 nitrogen and oxygen atoms in total. The Labute approximate surface area is 92.4 Å². The zero-order chi connectivity index (χ0) is 10.7. The topological polar surface area (TPSA) is 39.1 Å². The van der Waals surface area contributed by atoms with Crippen molar-refractivity contribution in [3.05, 3.63) is 0 Å². The fraction of sp³-hybridized carbons (Fsp3) is 0.917. The van der Waals surface area contributed by atoms with E-state index >= 15 is 0 Å². The molecule has 0 radical (unpaired) electrons. The van der Waals surface area contributed by atoms with Crippen LogP contribution in [-0.2, 0) is 0 Å². The molecule has 1 aliphatic carbocycles. The smallest absolute Gasteiger partial charge is 0.111 e. The molecule has 15 heavy (non-hydrogen) atoms. The van der Waals surface area contributed by atoms with Crippen LogP contribution in [0.2, 0.25) is 0 Å². The third-order valence-corrected chi connectivity index (χ3v) is 3.89. The first-order valence-electron chi connectivity index (χ1n) is 6.20. The molecule has 1 heterocycles. The van der Waals surface area contributed by atoms with Crippen molar-refractivity contribution in [2.45, 2.75) is 38.1 Å². The number of rotatable bonds is 3. The Bertz CT molecular complexity index is 246. The second-order valence-corrected chi connectivity index (χ2v) is 4.75. The summed E-state index contributed by atoms with van der Waals surface area (Å²) < 4.78 is 0. The first-order chi connectivity index (χ1) is 7.33. The van der Waals surface area contributed by atoms with Crippen LogP contribution < -0.4 is 5.32 Å². The summed E-state index contributed by atoms with van der Waals surface area (Å²) in [6.07, 6.45) is 4.67. The predicted molar refractivity (Wildman–Crippen MR) is 60.4 cm³/mol. The fourth-order valence-electron chi connectivity index (χ4n) is 2.82. The Balaban J connectivity index is 2.11. The summed E-state index contributed by atoms with van der Waals surface area (Å²) in [5.41, 5.74) is -0.147. The highest BCUT2D eigenvalue weighted by molar-refractivity contribution is 5.15. The van der Waals surface area contributed by atoms with Crippen molar-refractivity contribution < 1.29 is 0 Å². The number of nitrogens with one attached hydrogen (secondary N) is 1. The van der Waals surface area contributed by atoms with Gasteiger partial charge < -0.3 is 5.32 Å². The largest absolute Gasteiger partial charge is 0.315 e. The van der Waals surface area contributed by atoms with Crippen molar-refractivity contribution in [3.63, 3.8) is 0 Å². The third kappa shape index (κ3) is 2.02. The molecule has 2 rings (SSSR count). The van der Waals surface area contributed by atoms with Gasteiger partial charge in [-0.3, -0.25) is 4.90 Å². The molecule has 0 aromatic carbocycles. The summed E-state index contributed by atoms with van der Waals surface area (Å²) in [6, 6.07) is 2.62. The maximum Gasteiger partial charge on any atom is 0.111 e. The van der Waals surface area contributed by atoms with E-state index in [1.54, 1.807) is 0 Å². The number of nitriles is 1. The molecule has 0 bridgehead atoms. The quantitative estimate of drug-likeness (QED) is 0.759. The second-order valence-electron chi connectivity index (χ2n) is 4.75. The molecule has 84 valence electrons. The molecule has 1 aliphatic heterocycles. The SMILES string of the molecule is CCC(C#N)(C1CC1)N1CCCNCC1. The maximum atomic E-state index is 9.52. The van der Waals surface area contributed by atoms with Gasteiger partial charge in [0.1, 0.15) is 5.54 Å². The Morgan fingerprint density at radius 2 is 2.20 bits per heavy atom. The van der Waals surface area contributed by atoms with Crippen molar-refractivity contribution >= 4 is 0 Å². The molecule has 0 spiro atoms. The molecule has 1 saturated heterocycles. The van der Waals surface area contributed by atoms with Gasteiger partial charge in [0.15, 0.2) is 0 Å². The van der Waals surface area contributed by atoms with Crippen LogP contribution >= 0.6 is 0 Å². The highest BCUT2D eigenvalue weighted by atomic mass is 15.2. The molecule has 3 heteroatoms. The van der Waals surface area contributed by atoms with E-state index < -0.39 is 0 Å². The molecule has 0 aromatic heterocycles. The standard InChI is InChI=1S/C12H21N3/c1-2-12(10-13,11-4-5-11)15-8-3-6-14-7-9-15/h11,14H,2-9H2,1H3. The number of hydrogen-bond donors (Lipinski definition) is 1. The molecule has 2 fully saturated rings. The normalized spacial score (nSPS) is 27.7. The minimum atomic E-state index is -0.147. The van der Waals surface area contributed by atoms with Crippen molar-refractivity contribution in [1.82, 2.24) is 10.2 Å². The van der Waals surface area contributed by atoms with Gasteiger partial charge in [-0.2, -0.15) is 5.26 Å². The van der Waals surface area contributed by atoms with Crippen molar-refractivity contribution in [2.75, 3.05) is 26.2 Å². The van der Waals surface area contributed by atoms with E-state index in [1.807, 2.05) is 0 Å². The zero-order valence-electron chi connectivity index (χ0n) is 9.63. The summed E-state index contributed by atoms with van der Waals surface area (Å²) in [7, 11) is 0. The summed E-state index contributed by atoms with van der Waals surface area (Å²) in [4.78, 5) is 2.44. The van der Waals surface area contributed by atoms with Crippen molar-refractivity contribution in [1.29, 1.82) is 5.26 Å². The van der Waals surface area contributed by atoms with Gasteiger partial charge >= 0.3 is 0 Å². The van der Waals surface area contributed by atoms with Crippen LogP contribution in [-0.4, -0.2) is 36.6 Å². The summed E-state index contributed by atoms with van der Waals surface area (Å²) in [5, 5.41) is 12.9. The highest BCUT2D eigenvalue weighted by Crippen LogP contribution is 2.44. The van der Waals surface area contributed by atoms with Crippen LogP contribution in [0.5, 0.6) is 0 Å². The lowest BCUT2D eigenvalue weighted by Crippen LogP contribution is -2.50. The molecular formula is C12H21N3. The van der Waals surface area contributed by atoms with Gasteiger partial charge in [0, 0.05) is 19.6 Å². The van der Waals surface area contributed by atoms with Crippen LogP contribution in [0.15, 0.2) is 0 Å². The van der Waals surface area contributed by atoms with E-state index in [-0.39, 0.29) is 5.54 Å². The van der Waals surface area contributed by atoms with E-state index in [4.69, 9.17) is 0 Å². The molecule has 1 unspecified atom stereocenters. The molecule has 1 N–H and O–H groups in total. The van der Waals surface area contributed by atoms with Crippen molar-refractivity contribution in [2.24, 2.45) is 5.92 Å². The molecule has 1 saturated carbocycles. The minimum absolute atomic E-state index is 0.147. The van der Waals surface area contributed by atoms with Crippen LogP contribution in [0.3, 0.4) is 0 Å². The second kappa shape index (κ2) is 4.51. The summed E-state index contributed by atoms with van der Waals surface area (Å²) >= 11 is 0. The van der Waals surface area contributed by atoms with Crippen molar-refractivity contribution in [3.8, 4) is 6.07 Å². The Kier molecular flexibility index (Phi) is 3.28. The van der Waals surface area contributed by atoms with Crippen LogP contribution in [0.25, 0.3) is 0 Å². The van der Waals surface area contributed by atoms with Gasteiger partial charge in [0.2, 0.25) is 0 Å². The van der Waals surface area contributed by atoms with Gasteiger partial charge in [-0.05, 0) is 38.1 Å². The van der Waals surface area contributed by atoms with Gasteiger partial charge in [-0.1, -0.05) is 6.92 Å². The van der Waals surface area contributed by atoms with E-state index in [2.05, 4.69) is 23.2 Å². The van der Waals surface area contributed by atoms with Gasteiger partial charge in [0.05, 0.1) is 6.07 Å². The summed E-state index contributed by atoms with van der Waals surface area (Å²) in [6.45, 7) is 6.44. The zero-order valence-corrected chi connectivity index (χ0v) is 9.63. The van der Waals surface area contributed by atoms with Crippen LogP contribution in [0.1, 0.15) is 32.6 Å². The number of nitrogens with zero attached hydrogens (tertiary/aromatic N) is 2. The molecule has 2 aliphatic rings. The maximum absolute atomic E-state index is 9.52. The lowest BCUT2D eigenvalue weighted by Gasteiger charge is -2.37.